The third-order valence-corrected chi connectivity index (χ3v) is 2.99. The third kappa shape index (κ3) is 3.23. The molecule has 1 rings (SSSR count). The normalized spacial score (nSPS) is 25.9. The minimum Gasteiger partial charge on any atom is -0.315 e. The van der Waals surface area contributed by atoms with E-state index in [2.05, 4.69) is 18.7 Å². The third-order valence-electron chi connectivity index (χ3n) is 2.99. The summed E-state index contributed by atoms with van der Waals surface area (Å²) in [6.07, 6.45) is 1.88. The fourth-order valence-electron chi connectivity index (χ4n) is 1.76. The number of hydrogen-bond acceptors (Lipinski definition) is 3. The van der Waals surface area contributed by atoms with Gasteiger partial charge in [0.25, 0.3) is 0 Å². The zero-order valence-corrected chi connectivity index (χ0v) is 10.1. The average Bonchev–Trinajstić information content (AvgIpc) is 2.25. The largest absolute Gasteiger partial charge is 0.315 e. The Morgan fingerprint density at radius 2 is 2.14 bits per heavy atom. The van der Waals surface area contributed by atoms with E-state index >= 15 is 0 Å². The highest BCUT2D eigenvalue weighted by atomic mass is 35.5. The molecule has 0 aromatic carbocycles. The van der Waals surface area contributed by atoms with Crippen LogP contribution in [0.3, 0.4) is 0 Å². The minimum atomic E-state index is 0. The number of Topliss-reactive ketones (excluding diaryl/α,β-unsaturated/α-hetero) is 1. The van der Waals surface area contributed by atoms with E-state index in [9.17, 15) is 4.79 Å². The summed E-state index contributed by atoms with van der Waals surface area (Å²) in [5, 5.41) is 0. The van der Waals surface area contributed by atoms with E-state index < -0.39 is 0 Å². The van der Waals surface area contributed by atoms with Crippen LogP contribution in [0.5, 0.6) is 0 Å². The van der Waals surface area contributed by atoms with Gasteiger partial charge in [-0.05, 0) is 18.8 Å². The predicted molar refractivity (Wildman–Crippen MR) is 60.5 cm³/mol. The summed E-state index contributed by atoms with van der Waals surface area (Å²) in [7, 11) is 0. The Morgan fingerprint density at radius 1 is 1.57 bits per heavy atom. The molecule has 14 heavy (non-hydrogen) atoms. The molecule has 0 bridgehead atoms. The highest BCUT2D eigenvalue weighted by Gasteiger charge is 2.37. The number of carbonyl (C=O) groups is 1. The molecule has 1 fully saturated rings. The van der Waals surface area contributed by atoms with Crippen molar-refractivity contribution in [1.29, 1.82) is 0 Å². The van der Waals surface area contributed by atoms with Crippen LogP contribution in [0.25, 0.3) is 0 Å². The van der Waals surface area contributed by atoms with Gasteiger partial charge in [-0.3, -0.25) is 9.69 Å². The first-order valence-corrected chi connectivity index (χ1v) is 4.92. The van der Waals surface area contributed by atoms with E-state index in [1.807, 2.05) is 0 Å². The number of rotatable bonds is 3. The van der Waals surface area contributed by atoms with Crippen LogP contribution in [0.15, 0.2) is 0 Å². The Balaban J connectivity index is 0.00000169. The summed E-state index contributed by atoms with van der Waals surface area (Å²) in [5.74, 6) is 0.247. The summed E-state index contributed by atoms with van der Waals surface area (Å²) in [6, 6.07) is 0. The van der Waals surface area contributed by atoms with Crippen molar-refractivity contribution >= 4 is 18.2 Å². The number of hydrogen-bond donors (Lipinski definition) is 1. The predicted octanol–water partition coefficient (Wildman–Crippen LogP) is 1.40. The van der Waals surface area contributed by atoms with Crippen molar-refractivity contribution in [2.45, 2.75) is 39.8 Å². The van der Waals surface area contributed by atoms with Gasteiger partial charge in [-0.1, -0.05) is 13.8 Å². The molecule has 2 N–H and O–H groups in total. The maximum Gasteiger partial charge on any atom is 0.131 e. The van der Waals surface area contributed by atoms with Crippen molar-refractivity contribution < 1.29 is 4.79 Å². The monoisotopic (exact) mass is 220 g/mol. The zero-order valence-electron chi connectivity index (χ0n) is 9.25. The van der Waals surface area contributed by atoms with Crippen molar-refractivity contribution in [2.24, 2.45) is 11.1 Å². The average molecular weight is 221 g/mol. The fraction of sp³-hybridized carbons (Fsp3) is 0.900. The first-order chi connectivity index (χ1) is 5.93. The van der Waals surface area contributed by atoms with E-state index in [0.717, 1.165) is 19.5 Å². The van der Waals surface area contributed by atoms with Crippen molar-refractivity contribution in [2.75, 3.05) is 13.1 Å². The summed E-state index contributed by atoms with van der Waals surface area (Å²) in [5.41, 5.74) is 6.26. The topological polar surface area (TPSA) is 46.3 Å². The Bertz CT molecular complexity index is 206. The Morgan fingerprint density at radius 3 is 2.50 bits per heavy atom. The highest BCUT2D eigenvalue weighted by molar-refractivity contribution is 5.85. The second-order valence-electron chi connectivity index (χ2n) is 4.67. The molecule has 1 heterocycles. The van der Waals surface area contributed by atoms with Crippen LogP contribution < -0.4 is 5.73 Å². The van der Waals surface area contributed by atoms with Gasteiger partial charge in [0.05, 0.1) is 6.17 Å². The van der Waals surface area contributed by atoms with Gasteiger partial charge in [-0.25, -0.2) is 0 Å². The molecule has 0 aromatic heterocycles. The second-order valence-corrected chi connectivity index (χ2v) is 4.67. The molecule has 1 aliphatic heterocycles. The number of ketones is 1. The van der Waals surface area contributed by atoms with Gasteiger partial charge >= 0.3 is 0 Å². The van der Waals surface area contributed by atoms with E-state index in [0.29, 0.717) is 6.42 Å². The lowest BCUT2D eigenvalue weighted by molar-refractivity contribution is -0.117. The maximum atomic E-state index is 10.8. The van der Waals surface area contributed by atoms with Gasteiger partial charge in [0.1, 0.15) is 5.78 Å². The fourth-order valence-corrected chi connectivity index (χ4v) is 1.76. The van der Waals surface area contributed by atoms with Crippen LogP contribution in [0.4, 0.5) is 0 Å². The Labute approximate surface area is 92.4 Å². The Kier molecular flexibility index (Phi) is 5.06. The maximum absolute atomic E-state index is 10.8. The smallest absolute Gasteiger partial charge is 0.131 e. The van der Waals surface area contributed by atoms with Crippen LogP contribution in [-0.2, 0) is 4.79 Å². The molecule has 84 valence electrons. The number of carbonyl (C=O) groups excluding carboxylic acids is 1. The van der Waals surface area contributed by atoms with Gasteiger partial charge in [0, 0.05) is 19.5 Å². The zero-order chi connectivity index (χ0) is 10.1. The van der Waals surface area contributed by atoms with Crippen LogP contribution in [0.1, 0.15) is 33.6 Å². The minimum absolute atomic E-state index is 0. The molecule has 0 amide bonds. The van der Waals surface area contributed by atoms with E-state index in [1.54, 1.807) is 6.92 Å². The molecular formula is C10H21ClN2O. The molecule has 0 aliphatic carbocycles. The lowest BCUT2D eigenvalue weighted by Crippen LogP contribution is -2.44. The van der Waals surface area contributed by atoms with Crippen LogP contribution in [-0.4, -0.2) is 29.9 Å². The molecule has 0 unspecified atom stereocenters. The standard InChI is InChI=1S/C10H20N2O.ClH/c1-8(13)4-6-12-7-5-10(2,3)9(12)11;/h9H,4-7,11H2,1-3H3;1H/t9-;/m1./s1. The van der Waals surface area contributed by atoms with E-state index in [4.69, 9.17) is 5.73 Å². The number of likely N-dealkylation sites (tertiary alicyclic amines) is 1. The highest BCUT2D eigenvalue weighted by Crippen LogP contribution is 2.32. The molecule has 1 saturated heterocycles. The van der Waals surface area contributed by atoms with Crippen LogP contribution >= 0.6 is 12.4 Å². The van der Waals surface area contributed by atoms with Crippen molar-refractivity contribution in [3.63, 3.8) is 0 Å². The Hall–Kier alpha value is -0.120. The number of halogens is 1. The quantitative estimate of drug-likeness (QED) is 0.782. The van der Waals surface area contributed by atoms with E-state index in [1.165, 1.54) is 0 Å². The molecule has 0 saturated carbocycles. The molecule has 0 aromatic rings. The molecule has 3 nitrogen and oxygen atoms in total. The molecule has 0 radical (unpaired) electrons. The lowest BCUT2D eigenvalue weighted by atomic mass is 9.90. The van der Waals surface area contributed by atoms with Crippen molar-refractivity contribution in [3.05, 3.63) is 0 Å². The van der Waals surface area contributed by atoms with Gasteiger partial charge in [-0.15, -0.1) is 12.4 Å². The van der Waals surface area contributed by atoms with Gasteiger partial charge in [0.15, 0.2) is 0 Å². The molecule has 1 atom stereocenters. The van der Waals surface area contributed by atoms with E-state index in [-0.39, 0.29) is 29.8 Å². The number of nitrogens with zero attached hydrogens (tertiary/aromatic N) is 1. The summed E-state index contributed by atoms with van der Waals surface area (Å²) in [6.45, 7) is 7.85. The van der Waals surface area contributed by atoms with Gasteiger partial charge < -0.3 is 5.73 Å². The molecule has 1 aliphatic rings. The summed E-state index contributed by atoms with van der Waals surface area (Å²) in [4.78, 5) is 13.0. The molecule has 4 heteroatoms. The first kappa shape index (κ1) is 13.9. The summed E-state index contributed by atoms with van der Waals surface area (Å²) < 4.78 is 0. The van der Waals surface area contributed by atoms with Gasteiger partial charge in [-0.2, -0.15) is 0 Å². The van der Waals surface area contributed by atoms with Crippen LogP contribution in [0.2, 0.25) is 0 Å². The lowest BCUT2D eigenvalue weighted by Gasteiger charge is -2.28. The SMILES string of the molecule is CC(=O)CCN1CCC(C)(C)[C@@H]1N.Cl. The van der Waals surface area contributed by atoms with Crippen LogP contribution in [0, 0.1) is 5.41 Å². The number of nitrogens with two attached hydrogens (primary N) is 1. The van der Waals surface area contributed by atoms with Crippen molar-refractivity contribution in [3.8, 4) is 0 Å². The second kappa shape index (κ2) is 5.10. The van der Waals surface area contributed by atoms with Gasteiger partial charge in [0.2, 0.25) is 0 Å². The summed E-state index contributed by atoms with van der Waals surface area (Å²) >= 11 is 0. The molecular weight excluding hydrogens is 200 g/mol. The first-order valence-electron chi connectivity index (χ1n) is 4.92. The molecule has 0 spiro atoms. The van der Waals surface area contributed by atoms with Crippen molar-refractivity contribution in [1.82, 2.24) is 4.90 Å².